The van der Waals surface area contributed by atoms with Crippen molar-refractivity contribution >= 4 is 5.78 Å². The van der Waals surface area contributed by atoms with Crippen molar-refractivity contribution in [2.24, 2.45) is 0 Å². The van der Waals surface area contributed by atoms with Gasteiger partial charge in [-0.25, -0.2) is 0 Å². The zero-order chi connectivity index (χ0) is 24.0. The number of carbonyl (C=O) groups excluding carboxylic acids is 1. The van der Waals surface area contributed by atoms with E-state index in [0.29, 0.717) is 24.8 Å². The van der Waals surface area contributed by atoms with Gasteiger partial charge in [-0.2, -0.15) is 0 Å². The molecule has 0 saturated carbocycles. The van der Waals surface area contributed by atoms with E-state index in [1.807, 2.05) is 6.07 Å². The lowest BCUT2D eigenvalue weighted by molar-refractivity contribution is -0.282. The first kappa shape index (κ1) is 24.9. The summed E-state index contributed by atoms with van der Waals surface area (Å²) in [4.78, 5) is 12.7. The summed E-state index contributed by atoms with van der Waals surface area (Å²) in [6, 6.07) is 11.1. The topological polar surface area (TPSA) is 157 Å². The van der Waals surface area contributed by atoms with E-state index in [1.165, 1.54) is 12.1 Å². The molecule has 1 aliphatic rings. The number of hydrogen-bond donors (Lipinski definition) is 6. The van der Waals surface area contributed by atoms with Crippen LogP contribution in [0.15, 0.2) is 42.5 Å². The van der Waals surface area contributed by atoms with Crippen molar-refractivity contribution < 1.29 is 44.9 Å². The van der Waals surface area contributed by atoms with Gasteiger partial charge in [0.25, 0.3) is 0 Å². The van der Waals surface area contributed by atoms with Crippen LogP contribution in [0.3, 0.4) is 0 Å². The predicted molar refractivity (Wildman–Crippen MR) is 117 cm³/mol. The fraction of sp³-hybridized carbons (Fsp3) is 0.458. The van der Waals surface area contributed by atoms with Gasteiger partial charge in [0.1, 0.15) is 29.8 Å². The maximum absolute atomic E-state index is 12.7. The molecule has 6 N–H and O–H groups in total. The number of aromatic hydroxyl groups is 3. The third kappa shape index (κ3) is 7.15. The van der Waals surface area contributed by atoms with Crippen molar-refractivity contribution in [1.29, 1.82) is 0 Å². The first-order valence-electron chi connectivity index (χ1n) is 10.8. The number of ketones is 1. The van der Waals surface area contributed by atoms with E-state index in [1.54, 1.807) is 24.3 Å². The summed E-state index contributed by atoms with van der Waals surface area (Å²) in [5, 5.41) is 58.4. The molecule has 1 fully saturated rings. The molecule has 1 aliphatic heterocycles. The van der Waals surface area contributed by atoms with Crippen molar-refractivity contribution in [2.75, 3.05) is 6.61 Å². The number of aliphatic hydroxyl groups is 3. The lowest BCUT2D eigenvalue weighted by atomic mass is 9.99. The van der Waals surface area contributed by atoms with Crippen LogP contribution in [-0.2, 0) is 27.1 Å². The van der Waals surface area contributed by atoms with Gasteiger partial charge in [0, 0.05) is 12.8 Å². The van der Waals surface area contributed by atoms with Crippen LogP contribution in [0.1, 0.15) is 30.4 Å². The normalized spacial score (nSPS) is 23.8. The van der Waals surface area contributed by atoms with Crippen molar-refractivity contribution in [1.82, 2.24) is 0 Å². The number of hydrogen-bond acceptors (Lipinski definition) is 9. The van der Waals surface area contributed by atoms with Gasteiger partial charge in [-0.05, 0) is 54.7 Å². The Balaban J connectivity index is 1.62. The molecule has 0 radical (unpaired) electrons. The molecule has 0 unspecified atom stereocenters. The van der Waals surface area contributed by atoms with Gasteiger partial charge in [0.15, 0.2) is 17.8 Å². The molecule has 0 spiro atoms. The third-order valence-corrected chi connectivity index (χ3v) is 5.63. The molecule has 1 saturated heterocycles. The molecule has 2 aromatic rings. The van der Waals surface area contributed by atoms with Crippen LogP contribution >= 0.6 is 0 Å². The number of carbonyl (C=O) groups is 1. The zero-order valence-corrected chi connectivity index (χ0v) is 18.1. The second-order valence-electron chi connectivity index (χ2n) is 8.28. The van der Waals surface area contributed by atoms with Crippen LogP contribution < -0.4 is 0 Å². The molecule has 180 valence electrons. The van der Waals surface area contributed by atoms with Gasteiger partial charge >= 0.3 is 0 Å². The highest BCUT2D eigenvalue weighted by Crippen LogP contribution is 2.26. The van der Waals surface area contributed by atoms with Gasteiger partial charge in [-0.3, -0.25) is 4.79 Å². The highest BCUT2D eigenvalue weighted by Gasteiger charge is 2.39. The van der Waals surface area contributed by atoms with E-state index in [0.717, 1.165) is 5.56 Å². The SMILES string of the molecule is O=C(CCc1ccc(O)c(O)c1)C[C@H](CCc1cccc(O)c1)O[C@@H]1OC[C@@H](O)[C@H](O)[C@H]1O. The quantitative estimate of drug-likeness (QED) is 0.285. The minimum Gasteiger partial charge on any atom is -0.508 e. The number of benzene rings is 2. The van der Waals surface area contributed by atoms with Crippen LogP contribution in [0.25, 0.3) is 0 Å². The Morgan fingerprint density at radius 2 is 1.73 bits per heavy atom. The number of rotatable bonds is 10. The number of phenols is 3. The lowest BCUT2D eigenvalue weighted by Crippen LogP contribution is -2.54. The van der Waals surface area contributed by atoms with Crippen LogP contribution in [0.4, 0.5) is 0 Å². The molecule has 2 aromatic carbocycles. The molecule has 0 aromatic heterocycles. The maximum Gasteiger partial charge on any atom is 0.186 e. The van der Waals surface area contributed by atoms with Gasteiger partial charge in [0.05, 0.1) is 12.7 Å². The Morgan fingerprint density at radius 3 is 2.45 bits per heavy atom. The molecule has 0 amide bonds. The summed E-state index contributed by atoms with van der Waals surface area (Å²) in [6.45, 7) is -0.208. The van der Waals surface area contributed by atoms with E-state index in [9.17, 15) is 35.4 Å². The molecule has 9 nitrogen and oxygen atoms in total. The van der Waals surface area contributed by atoms with Gasteiger partial charge < -0.3 is 40.1 Å². The Hall–Kier alpha value is -2.69. The first-order valence-corrected chi connectivity index (χ1v) is 10.8. The number of Topliss-reactive ketones (excluding diaryl/α,β-unsaturated/α-hetero) is 1. The number of phenolic OH excluding ortho intramolecular Hbond substituents is 3. The van der Waals surface area contributed by atoms with Crippen molar-refractivity contribution in [3.05, 3.63) is 53.6 Å². The van der Waals surface area contributed by atoms with Crippen molar-refractivity contribution in [2.45, 2.75) is 62.8 Å². The third-order valence-electron chi connectivity index (χ3n) is 5.63. The average molecular weight is 462 g/mol. The number of ether oxygens (including phenoxy) is 2. The fourth-order valence-corrected chi connectivity index (χ4v) is 3.71. The van der Waals surface area contributed by atoms with Gasteiger partial charge in [-0.1, -0.05) is 18.2 Å². The first-order chi connectivity index (χ1) is 15.7. The van der Waals surface area contributed by atoms with E-state index < -0.39 is 30.7 Å². The molecule has 9 heteroatoms. The molecule has 0 bridgehead atoms. The second-order valence-corrected chi connectivity index (χ2v) is 8.28. The minimum atomic E-state index is -1.47. The van der Waals surface area contributed by atoms with E-state index in [2.05, 4.69) is 0 Å². The molecular formula is C24H30O9. The summed E-state index contributed by atoms with van der Waals surface area (Å²) in [5.74, 6) is -0.476. The Morgan fingerprint density at radius 1 is 0.970 bits per heavy atom. The average Bonchev–Trinajstić information content (AvgIpc) is 2.78. The van der Waals surface area contributed by atoms with Crippen LogP contribution in [0.2, 0.25) is 0 Å². The summed E-state index contributed by atoms with van der Waals surface area (Å²) in [6.07, 6.45) is -4.52. The second kappa shape index (κ2) is 11.4. The molecular weight excluding hydrogens is 432 g/mol. The summed E-state index contributed by atoms with van der Waals surface area (Å²) < 4.78 is 11.2. The van der Waals surface area contributed by atoms with Gasteiger partial charge in [0.2, 0.25) is 0 Å². The van der Waals surface area contributed by atoms with Crippen molar-refractivity contribution in [3.8, 4) is 17.2 Å². The molecule has 3 rings (SSSR count). The monoisotopic (exact) mass is 462 g/mol. The summed E-state index contributed by atoms with van der Waals surface area (Å²) >= 11 is 0. The van der Waals surface area contributed by atoms with E-state index in [-0.39, 0.29) is 42.5 Å². The predicted octanol–water partition coefficient (Wildman–Crippen LogP) is 1.15. The fourth-order valence-electron chi connectivity index (χ4n) is 3.71. The highest BCUT2D eigenvalue weighted by atomic mass is 16.7. The Bertz CT molecular complexity index is 932. The van der Waals surface area contributed by atoms with Crippen molar-refractivity contribution in [3.63, 3.8) is 0 Å². The summed E-state index contributed by atoms with van der Waals surface area (Å²) in [5.41, 5.74) is 1.54. The molecule has 5 atom stereocenters. The standard InChI is InChI=1S/C24H30O9/c25-16-3-1-2-14(10-16)5-8-18(33-24-23(31)22(30)21(29)13-32-24)12-17(26)7-4-15-6-9-19(27)20(28)11-15/h1-3,6,9-11,18,21-25,27-31H,4-5,7-8,12-13H2/t18-,21+,22-,23+,24-/m0/s1. The largest absolute Gasteiger partial charge is 0.508 e. The Kier molecular flexibility index (Phi) is 8.65. The molecule has 1 heterocycles. The maximum atomic E-state index is 12.7. The van der Waals surface area contributed by atoms with Crippen LogP contribution in [-0.4, -0.2) is 73.7 Å². The van der Waals surface area contributed by atoms with E-state index in [4.69, 9.17) is 9.47 Å². The molecule has 33 heavy (non-hydrogen) atoms. The number of aryl methyl sites for hydroxylation is 2. The zero-order valence-electron chi connectivity index (χ0n) is 18.1. The van der Waals surface area contributed by atoms with Gasteiger partial charge in [-0.15, -0.1) is 0 Å². The number of aliphatic hydroxyl groups excluding tert-OH is 3. The summed E-state index contributed by atoms with van der Waals surface area (Å²) in [7, 11) is 0. The minimum absolute atomic E-state index is 0.0219. The van der Waals surface area contributed by atoms with Crippen LogP contribution in [0.5, 0.6) is 17.2 Å². The highest BCUT2D eigenvalue weighted by molar-refractivity contribution is 5.79. The van der Waals surface area contributed by atoms with E-state index >= 15 is 0 Å². The lowest BCUT2D eigenvalue weighted by Gasteiger charge is -2.36. The van der Waals surface area contributed by atoms with Crippen LogP contribution in [0, 0.1) is 0 Å². The molecule has 0 aliphatic carbocycles. The Labute approximate surface area is 191 Å². The smallest absolute Gasteiger partial charge is 0.186 e.